The standard InChI is InChI=1S/C17H17ClN6O2/c1-2-26-15-9-5-13(6-10-15)20-17(25)19-11-16-21-22-23-24(16)14-7-3-12(18)4-8-14/h3-10H,2,11H2,1H3,(H2,19,20,25). The fourth-order valence-electron chi connectivity index (χ4n) is 2.23. The summed E-state index contributed by atoms with van der Waals surface area (Å²) in [6.45, 7) is 2.67. The van der Waals surface area contributed by atoms with Gasteiger partial charge in [-0.05, 0) is 65.9 Å². The second-order valence-electron chi connectivity index (χ2n) is 5.25. The van der Waals surface area contributed by atoms with E-state index in [9.17, 15) is 4.79 Å². The van der Waals surface area contributed by atoms with E-state index < -0.39 is 0 Å². The lowest BCUT2D eigenvalue weighted by atomic mass is 10.3. The molecule has 1 aromatic heterocycles. The lowest BCUT2D eigenvalue weighted by molar-refractivity contribution is 0.251. The summed E-state index contributed by atoms with van der Waals surface area (Å²) in [6.07, 6.45) is 0. The number of rotatable bonds is 6. The van der Waals surface area contributed by atoms with Gasteiger partial charge in [-0.15, -0.1) is 5.10 Å². The Hall–Kier alpha value is -3.13. The predicted molar refractivity (Wildman–Crippen MR) is 97.6 cm³/mol. The number of amides is 2. The van der Waals surface area contributed by atoms with Crippen LogP contribution in [0.1, 0.15) is 12.7 Å². The fourth-order valence-corrected chi connectivity index (χ4v) is 2.36. The molecule has 1 heterocycles. The zero-order chi connectivity index (χ0) is 18.4. The minimum atomic E-state index is -0.361. The fraction of sp³-hybridized carbons (Fsp3) is 0.176. The van der Waals surface area contributed by atoms with Crippen LogP contribution in [0.25, 0.3) is 5.69 Å². The van der Waals surface area contributed by atoms with E-state index >= 15 is 0 Å². The van der Waals surface area contributed by atoms with E-state index in [1.165, 1.54) is 4.68 Å². The Morgan fingerprint density at radius 3 is 2.58 bits per heavy atom. The quantitative estimate of drug-likeness (QED) is 0.693. The van der Waals surface area contributed by atoms with Gasteiger partial charge in [0, 0.05) is 10.7 Å². The molecule has 9 heteroatoms. The molecule has 134 valence electrons. The van der Waals surface area contributed by atoms with E-state index in [1.54, 1.807) is 48.5 Å². The Morgan fingerprint density at radius 2 is 1.88 bits per heavy atom. The number of benzene rings is 2. The van der Waals surface area contributed by atoms with Crippen molar-refractivity contribution in [3.8, 4) is 11.4 Å². The van der Waals surface area contributed by atoms with Gasteiger partial charge in [-0.2, -0.15) is 4.68 Å². The zero-order valence-electron chi connectivity index (χ0n) is 14.0. The highest BCUT2D eigenvalue weighted by Crippen LogP contribution is 2.16. The third-order valence-corrected chi connectivity index (χ3v) is 3.69. The molecule has 0 saturated heterocycles. The smallest absolute Gasteiger partial charge is 0.319 e. The topological polar surface area (TPSA) is 94.0 Å². The molecule has 0 bridgehead atoms. The number of carbonyl (C=O) groups excluding carboxylic acids is 1. The zero-order valence-corrected chi connectivity index (χ0v) is 14.8. The summed E-state index contributed by atoms with van der Waals surface area (Å²) in [7, 11) is 0. The van der Waals surface area contributed by atoms with Crippen molar-refractivity contribution in [2.75, 3.05) is 11.9 Å². The summed E-state index contributed by atoms with van der Waals surface area (Å²) in [4.78, 5) is 12.1. The molecule has 0 aliphatic carbocycles. The number of aromatic nitrogens is 4. The number of hydrogen-bond donors (Lipinski definition) is 2. The van der Waals surface area contributed by atoms with Crippen molar-refractivity contribution in [2.24, 2.45) is 0 Å². The molecule has 0 unspecified atom stereocenters. The van der Waals surface area contributed by atoms with Crippen LogP contribution >= 0.6 is 11.6 Å². The average molecular weight is 373 g/mol. The first-order valence-electron chi connectivity index (χ1n) is 7.96. The molecule has 0 saturated carbocycles. The minimum Gasteiger partial charge on any atom is -0.494 e. The lowest BCUT2D eigenvalue weighted by Crippen LogP contribution is -2.29. The molecule has 0 spiro atoms. The van der Waals surface area contributed by atoms with E-state index in [-0.39, 0.29) is 12.6 Å². The van der Waals surface area contributed by atoms with Crippen LogP contribution in [-0.4, -0.2) is 32.8 Å². The SMILES string of the molecule is CCOc1ccc(NC(=O)NCc2nnnn2-c2ccc(Cl)cc2)cc1. The maximum Gasteiger partial charge on any atom is 0.319 e. The summed E-state index contributed by atoms with van der Waals surface area (Å²) in [5.41, 5.74) is 1.41. The van der Waals surface area contributed by atoms with Crippen LogP contribution < -0.4 is 15.4 Å². The highest BCUT2D eigenvalue weighted by molar-refractivity contribution is 6.30. The van der Waals surface area contributed by atoms with Crippen LogP contribution in [0.4, 0.5) is 10.5 Å². The number of nitrogens with zero attached hydrogens (tertiary/aromatic N) is 4. The Kier molecular flexibility index (Phi) is 5.65. The van der Waals surface area contributed by atoms with E-state index in [0.29, 0.717) is 23.1 Å². The summed E-state index contributed by atoms with van der Waals surface area (Å²) in [6, 6.07) is 13.8. The number of halogens is 1. The van der Waals surface area contributed by atoms with Crippen molar-refractivity contribution in [1.82, 2.24) is 25.5 Å². The molecule has 0 aliphatic heterocycles. The Morgan fingerprint density at radius 1 is 1.15 bits per heavy atom. The average Bonchev–Trinajstić information content (AvgIpc) is 3.11. The number of hydrogen-bond acceptors (Lipinski definition) is 5. The van der Waals surface area contributed by atoms with Crippen molar-refractivity contribution < 1.29 is 9.53 Å². The highest BCUT2D eigenvalue weighted by atomic mass is 35.5. The van der Waals surface area contributed by atoms with Crippen LogP contribution in [0.5, 0.6) is 5.75 Å². The van der Waals surface area contributed by atoms with Gasteiger partial charge in [-0.1, -0.05) is 11.6 Å². The van der Waals surface area contributed by atoms with Gasteiger partial charge >= 0.3 is 6.03 Å². The molecule has 0 aliphatic rings. The Labute approximate surface area is 155 Å². The highest BCUT2D eigenvalue weighted by Gasteiger charge is 2.10. The van der Waals surface area contributed by atoms with Gasteiger partial charge in [0.15, 0.2) is 5.82 Å². The van der Waals surface area contributed by atoms with Gasteiger partial charge in [0.2, 0.25) is 0 Å². The van der Waals surface area contributed by atoms with Crippen molar-refractivity contribution in [1.29, 1.82) is 0 Å². The summed E-state index contributed by atoms with van der Waals surface area (Å²) < 4.78 is 6.90. The molecule has 2 N–H and O–H groups in total. The van der Waals surface area contributed by atoms with Gasteiger partial charge < -0.3 is 15.4 Å². The van der Waals surface area contributed by atoms with Crippen LogP contribution in [0.3, 0.4) is 0 Å². The molecule has 26 heavy (non-hydrogen) atoms. The maximum absolute atomic E-state index is 12.1. The monoisotopic (exact) mass is 372 g/mol. The van der Waals surface area contributed by atoms with E-state index in [2.05, 4.69) is 26.2 Å². The molecule has 0 radical (unpaired) electrons. The first-order chi connectivity index (χ1) is 12.7. The summed E-state index contributed by atoms with van der Waals surface area (Å²) in [5, 5.41) is 17.6. The van der Waals surface area contributed by atoms with Crippen molar-refractivity contribution >= 4 is 23.3 Å². The van der Waals surface area contributed by atoms with Crippen molar-refractivity contribution in [3.05, 3.63) is 59.4 Å². The largest absolute Gasteiger partial charge is 0.494 e. The molecular formula is C17H17ClN6O2. The summed E-state index contributed by atoms with van der Waals surface area (Å²) >= 11 is 5.89. The van der Waals surface area contributed by atoms with Gasteiger partial charge in [-0.25, -0.2) is 4.79 Å². The number of nitrogens with one attached hydrogen (secondary N) is 2. The van der Waals surface area contributed by atoms with E-state index in [4.69, 9.17) is 16.3 Å². The predicted octanol–water partition coefficient (Wildman–Crippen LogP) is 3.04. The molecule has 3 aromatic rings. The summed E-state index contributed by atoms with van der Waals surface area (Å²) in [5.74, 6) is 1.25. The number of urea groups is 1. The van der Waals surface area contributed by atoms with E-state index in [0.717, 1.165) is 11.4 Å². The van der Waals surface area contributed by atoms with Crippen LogP contribution in [-0.2, 0) is 6.54 Å². The van der Waals surface area contributed by atoms with E-state index in [1.807, 2.05) is 6.92 Å². The third-order valence-electron chi connectivity index (χ3n) is 3.44. The number of ether oxygens (including phenoxy) is 1. The molecular weight excluding hydrogens is 356 g/mol. The molecule has 2 amide bonds. The van der Waals surface area contributed by atoms with Crippen LogP contribution in [0.15, 0.2) is 48.5 Å². The molecule has 8 nitrogen and oxygen atoms in total. The van der Waals surface area contributed by atoms with Crippen molar-refractivity contribution in [3.63, 3.8) is 0 Å². The number of tetrazole rings is 1. The first-order valence-corrected chi connectivity index (χ1v) is 8.34. The molecule has 0 fully saturated rings. The van der Waals surface area contributed by atoms with Crippen LogP contribution in [0, 0.1) is 0 Å². The Bertz CT molecular complexity index is 864. The Balaban J connectivity index is 1.58. The minimum absolute atomic E-state index is 0.165. The number of carbonyl (C=O) groups is 1. The van der Waals surface area contributed by atoms with Gasteiger partial charge in [-0.3, -0.25) is 0 Å². The maximum atomic E-state index is 12.1. The first kappa shape index (κ1) is 17.7. The second-order valence-corrected chi connectivity index (χ2v) is 5.68. The molecule has 3 rings (SSSR count). The molecule has 0 atom stereocenters. The van der Waals surface area contributed by atoms with Gasteiger partial charge in [0.25, 0.3) is 0 Å². The molecule has 2 aromatic carbocycles. The number of anilines is 1. The third kappa shape index (κ3) is 4.48. The lowest BCUT2D eigenvalue weighted by Gasteiger charge is -2.09. The van der Waals surface area contributed by atoms with Crippen molar-refractivity contribution in [2.45, 2.75) is 13.5 Å². The van der Waals surface area contributed by atoms with Gasteiger partial charge in [0.1, 0.15) is 5.75 Å². The van der Waals surface area contributed by atoms with Gasteiger partial charge in [0.05, 0.1) is 18.8 Å². The second kappa shape index (κ2) is 8.30. The normalized spacial score (nSPS) is 10.4. The van der Waals surface area contributed by atoms with Crippen LogP contribution in [0.2, 0.25) is 5.02 Å².